The van der Waals surface area contributed by atoms with E-state index in [1.807, 2.05) is 23.6 Å². The summed E-state index contributed by atoms with van der Waals surface area (Å²) in [5.41, 5.74) is 2.01. The predicted octanol–water partition coefficient (Wildman–Crippen LogP) is 2.64. The molecule has 0 aliphatic rings. The van der Waals surface area contributed by atoms with Gasteiger partial charge in [-0.2, -0.15) is 0 Å². The van der Waals surface area contributed by atoms with Gasteiger partial charge in [0.15, 0.2) is 11.5 Å². The van der Waals surface area contributed by atoms with E-state index in [0.29, 0.717) is 0 Å². The third-order valence-corrected chi connectivity index (χ3v) is 3.53. The Bertz CT molecular complexity index is 531. The number of ether oxygens (including phenoxy) is 2. The van der Waals surface area contributed by atoms with Crippen molar-refractivity contribution in [2.45, 2.75) is 19.4 Å². The Morgan fingerprint density at radius 1 is 1.25 bits per heavy atom. The maximum absolute atomic E-state index is 5.36. The first-order valence-electron chi connectivity index (χ1n) is 6.52. The van der Waals surface area contributed by atoms with Crippen LogP contribution in [0.4, 0.5) is 0 Å². The lowest BCUT2D eigenvalue weighted by Crippen LogP contribution is -2.23. The Kier molecular flexibility index (Phi) is 5.31. The summed E-state index contributed by atoms with van der Waals surface area (Å²) in [5, 5.41) is 9.62. The molecule has 0 amide bonds. The summed E-state index contributed by atoms with van der Waals surface area (Å²) in [5.74, 6) is 1.44. The van der Waals surface area contributed by atoms with Gasteiger partial charge in [0.1, 0.15) is 0 Å². The van der Waals surface area contributed by atoms with Gasteiger partial charge in [0.05, 0.1) is 26.0 Å². The van der Waals surface area contributed by atoms with Crippen LogP contribution in [0.1, 0.15) is 30.6 Å². The molecule has 0 aliphatic carbocycles. The van der Waals surface area contributed by atoms with Crippen LogP contribution in [0.15, 0.2) is 23.6 Å². The molecule has 20 heavy (non-hydrogen) atoms. The first-order valence-corrected chi connectivity index (χ1v) is 7.36. The highest BCUT2D eigenvalue weighted by Crippen LogP contribution is 2.31. The van der Waals surface area contributed by atoms with Gasteiger partial charge in [-0.3, -0.25) is 0 Å². The van der Waals surface area contributed by atoms with Crippen molar-refractivity contribution in [1.82, 2.24) is 14.9 Å². The second kappa shape index (κ2) is 7.21. The van der Waals surface area contributed by atoms with Crippen LogP contribution in [-0.4, -0.2) is 30.4 Å². The smallest absolute Gasteiger partial charge is 0.161 e. The lowest BCUT2D eigenvalue weighted by atomic mass is 10.0. The van der Waals surface area contributed by atoms with E-state index < -0.39 is 0 Å². The second-order valence-electron chi connectivity index (χ2n) is 4.33. The number of hydrogen-bond donors (Lipinski definition) is 1. The van der Waals surface area contributed by atoms with E-state index in [1.54, 1.807) is 14.2 Å². The summed E-state index contributed by atoms with van der Waals surface area (Å²) in [4.78, 5) is 0. The number of aromatic nitrogens is 2. The van der Waals surface area contributed by atoms with Crippen molar-refractivity contribution in [3.8, 4) is 11.5 Å². The minimum atomic E-state index is 0.0218. The van der Waals surface area contributed by atoms with Gasteiger partial charge in [-0.25, -0.2) is 0 Å². The third kappa shape index (κ3) is 3.26. The molecule has 0 saturated carbocycles. The van der Waals surface area contributed by atoms with Gasteiger partial charge in [-0.1, -0.05) is 17.5 Å². The van der Waals surface area contributed by atoms with Crippen LogP contribution < -0.4 is 14.8 Å². The average Bonchev–Trinajstić information content (AvgIpc) is 3.01. The first kappa shape index (κ1) is 14.7. The summed E-state index contributed by atoms with van der Waals surface area (Å²) in [6, 6.07) is 5.93. The molecule has 0 fully saturated rings. The van der Waals surface area contributed by atoms with Gasteiger partial charge in [-0.05, 0) is 42.2 Å². The van der Waals surface area contributed by atoms with E-state index in [4.69, 9.17) is 9.47 Å². The molecule has 1 heterocycles. The van der Waals surface area contributed by atoms with E-state index >= 15 is 0 Å². The van der Waals surface area contributed by atoms with Crippen LogP contribution in [0.5, 0.6) is 11.5 Å². The van der Waals surface area contributed by atoms with Crippen molar-refractivity contribution in [3.05, 3.63) is 34.8 Å². The van der Waals surface area contributed by atoms with Crippen LogP contribution in [0, 0.1) is 0 Å². The number of nitrogens with zero attached hydrogens (tertiary/aromatic N) is 2. The standard InChI is InChI=1S/C14H19N3O2S/c1-4-7-15-14(11-9-20-17-16-11)10-5-6-12(18-2)13(8-10)19-3/h5-6,8-9,14-15H,4,7H2,1-3H3. The van der Waals surface area contributed by atoms with Gasteiger partial charge in [0, 0.05) is 5.38 Å². The molecule has 0 aliphatic heterocycles. The zero-order valence-corrected chi connectivity index (χ0v) is 12.7. The molecule has 0 bridgehead atoms. The molecule has 5 nitrogen and oxygen atoms in total. The summed E-state index contributed by atoms with van der Waals surface area (Å²) in [6.45, 7) is 3.05. The molecule has 1 atom stereocenters. The van der Waals surface area contributed by atoms with Crippen LogP contribution in [0.2, 0.25) is 0 Å². The predicted molar refractivity (Wildman–Crippen MR) is 79.6 cm³/mol. The summed E-state index contributed by atoms with van der Waals surface area (Å²) in [6.07, 6.45) is 1.06. The number of benzene rings is 1. The highest BCUT2D eigenvalue weighted by molar-refractivity contribution is 7.03. The SMILES string of the molecule is CCCNC(c1ccc(OC)c(OC)c1)c1csnn1. The maximum atomic E-state index is 5.36. The zero-order valence-electron chi connectivity index (χ0n) is 11.9. The van der Waals surface area contributed by atoms with Crippen molar-refractivity contribution in [1.29, 1.82) is 0 Å². The van der Waals surface area contributed by atoms with Crippen LogP contribution in [-0.2, 0) is 0 Å². The third-order valence-electron chi connectivity index (χ3n) is 3.01. The normalized spacial score (nSPS) is 12.2. The van der Waals surface area contributed by atoms with Crippen molar-refractivity contribution in [2.24, 2.45) is 0 Å². The lowest BCUT2D eigenvalue weighted by molar-refractivity contribution is 0.354. The highest BCUT2D eigenvalue weighted by Gasteiger charge is 2.18. The number of rotatable bonds is 7. The molecule has 0 radical (unpaired) electrons. The van der Waals surface area contributed by atoms with E-state index in [1.165, 1.54) is 11.5 Å². The maximum Gasteiger partial charge on any atom is 0.161 e. The van der Waals surface area contributed by atoms with Crippen LogP contribution in [0.3, 0.4) is 0 Å². The van der Waals surface area contributed by atoms with Gasteiger partial charge in [-0.15, -0.1) is 5.10 Å². The topological polar surface area (TPSA) is 56.3 Å². The van der Waals surface area contributed by atoms with E-state index in [-0.39, 0.29) is 6.04 Å². The quantitative estimate of drug-likeness (QED) is 0.850. The summed E-state index contributed by atoms with van der Waals surface area (Å²) in [7, 11) is 3.27. The average molecular weight is 293 g/mol. The molecule has 108 valence electrons. The molecule has 0 spiro atoms. The minimum Gasteiger partial charge on any atom is -0.493 e. The van der Waals surface area contributed by atoms with E-state index in [0.717, 1.165) is 35.7 Å². The molecular formula is C14H19N3O2S. The van der Waals surface area contributed by atoms with Crippen molar-refractivity contribution in [3.63, 3.8) is 0 Å². The Balaban J connectivity index is 2.33. The monoisotopic (exact) mass is 293 g/mol. The zero-order chi connectivity index (χ0) is 14.4. The Morgan fingerprint density at radius 3 is 2.65 bits per heavy atom. The number of methoxy groups -OCH3 is 2. The van der Waals surface area contributed by atoms with Gasteiger partial charge in [0.2, 0.25) is 0 Å². The van der Waals surface area contributed by atoms with E-state index in [9.17, 15) is 0 Å². The largest absolute Gasteiger partial charge is 0.493 e. The molecule has 2 aromatic rings. The highest BCUT2D eigenvalue weighted by atomic mass is 32.1. The van der Waals surface area contributed by atoms with Crippen molar-refractivity contribution >= 4 is 11.5 Å². The minimum absolute atomic E-state index is 0.0218. The molecule has 1 aromatic carbocycles. The molecule has 6 heteroatoms. The van der Waals surface area contributed by atoms with Gasteiger partial charge in [0.25, 0.3) is 0 Å². The number of hydrogen-bond acceptors (Lipinski definition) is 6. The first-order chi connectivity index (χ1) is 9.80. The molecule has 1 N–H and O–H groups in total. The Morgan fingerprint density at radius 2 is 2.05 bits per heavy atom. The second-order valence-corrected chi connectivity index (χ2v) is 4.94. The van der Waals surface area contributed by atoms with Crippen molar-refractivity contribution < 1.29 is 9.47 Å². The molecule has 1 unspecified atom stereocenters. The number of nitrogens with one attached hydrogen (secondary N) is 1. The lowest BCUT2D eigenvalue weighted by Gasteiger charge is -2.18. The fourth-order valence-electron chi connectivity index (χ4n) is 2.01. The summed E-state index contributed by atoms with van der Waals surface area (Å²) < 4.78 is 14.6. The Hall–Kier alpha value is -1.66. The van der Waals surface area contributed by atoms with Crippen LogP contribution >= 0.6 is 11.5 Å². The molecule has 2 rings (SSSR count). The van der Waals surface area contributed by atoms with Crippen molar-refractivity contribution in [2.75, 3.05) is 20.8 Å². The van der Waals surface area contributed by atoms with Gasteiger partial charge < -0.3 is 14.8 Å². The van der Waals surface area contributed by atoms with Crippen LogP contribution in [0.25, 0.3) is 0 Å². The fraction of sp³-hybridized carbons (Fsp3) is 0.429. The van der Waals surface area contributed by atoms with Gasteiger partial charge >= 0.3 is 0 Å². The molecule has 1 aromatic heterocycles. The van der Waals surface area contributed by atoms with E-state index in [2.05, 4.69) is 21.8 Å². The molecular weight excluding hydrogens is 274 g/mol. The fourth-order valence-corrected chi connectivity index (χ4v) is 2.49. The Labute approximate surface area is 123 Å². The molecule has 0 saturated heterocycles. The summed E-state index contributed by atoms with van der Waals surface area (Å²) >= 11 is 1.36.